The molecule has 4 rings (SSSR count). The number of carboxylic acid groups (broad SMARTS) is 2. The summed E-state index contributed by atoms with van der Waals surface area (Å²) in [5, 5.41) is 23.5. The van der Waals surface area contributed by atoms with E-state index in [1.54, 1.807) is 37.3 Å². The number of carbonyl (C=O) groups excluding carboxylic acids is 3. The van der Waals surface area contributed by atoms with Gasteiger partial charge in [0.15, 0.2) is 17.0 Å². The topological polar surface area (TPSA) is 170 Å². The Balaban J connectivity index is 1.57. The van der Waals surface area contributed by atoms with Crippen molar-refractivity contribution in [2.24, 2.45) is 5.73 Å². The number of carboxylic acids is 2. The molecule has 3 atom stereocenters. The van der Waals surface area contributed by atoms with Gasteiger partial charge < -0.3 is 26.2 Å². The average molecular weight is 565 g/mol. The first-order valence-electron chi connectivity index (χ1n) is 13.7. The molecular weight excluding hydrogens is 528 g/mol. The van der Waals surface area contributed by atoms with Crippen LogP contribution in [0.3, 0.4) is 0 Å². The second kappa shape index (κ2) is 11.8. The highest BCUT2D eigenvalue weighted by molar-refractivity contribution is 6.09. The summed E-state index contributed by atoms with van der Waals surface area (Å²) in [5.74, 6) is -4.78. The second-order valence-electron chi connectivity index (χ2n) is 11.0. The number of hydrogen-bond donors (Lipinski definition) is 4. The molecule has 0 spiro atoms. The molecule has 0 radical (unpaired) electrons. The van der Waals surface area contributed by atoms with E-state index in [9.17, 15) is 34.2 Å². The number of nitrogens with two attached hydrogens (primary N) is 1. The van der Waals surface area contributed by atoms with Gasteiger partial charge >= 0.3 is 11.9 Å². The maximum Gasteiger partial charge on any atom is 0.345 e. The van der Waals surface area contributed by atoms with Gasteiger partial charge in [-0.2, -0.15) is 0 Å². The molecule has 2 aromatic carbocycles. The van der Waals surface area contributed by atoms with E-state index < -0.39 is 52.8 Å². The zero-order valence-electron chi connectivity index (χ0n) is 23.0. The number of rotatable bonds is 11. The molecule has 5 N–H and O–H groups in total. The molecule has 11 nitrogen and oxygen atoms in total. The molecule has 2 saturated heterocycles. The Labute approximate surface area is 238 Å². The van der Waals surface area contributed by atoms with Crippen molar-refractivity contribution < 1.29 is 34.2 Å². The monoisotopic (exact) mass is 564 g/mol. The van der Waals surface area contributed by atoms with Gasteiger partial charge in [0, 0.05) is 19.5 Å². The van der Waals surface area contributed by atoms with E-state index in [-0.39, 0.29) is 51.6 Å². The molecule has 0 aromatic heterocycles. The normalized spacial score (nSPS) is 24.0. The lowest BCUT2D eigenvalue weighted by atomic mass is 9.84. The van der Waals surface area contributed by atoms with Crippen LogP contribution in [0.2, 0.25) is 0 Å². The molecule has 2 fully saturated rings. The standard InChI is InChI=1S/C30H36N4O7/c1-28(31,19-22-12-6-3-7-13-22)25(37)32-20-24(36)33-16-9-15-30(33,27(40)41)34-17-8-14-29(34,26(38)39)23(35)18-21-10-4-2-5-11-21/h2-7,10-13H,8-9,14-20,31H2,1H3,(H,32,37)(H,38,39)(H,40,41)/t28-,29?,30-/m0/s1. The van der Waals surface area contributed by atoms with Crippen molar-refractivity contribution >= 4 is 29.5 Å². The van der Waals surface area contributed by atoms with Crippen LogP contribution in [-0.2, 0) is 36.8 Å². The predicted octanol–water partition coefficient (Wildman–Crippen LogP) is 1.20. The molecule has 11 heteroatoms. The lowest BCUT2D eigenvalue weighted by Gasteiger charge is -2.47. The third kappa shape index (κ3) is 5.59. The third-order valence-electron chi connectivity index (χ3n) is 8.18. The molecule has 2 amide bonds. The Bertz CT molecular complexity index is 1320. The maximum atomic E-state index is 13.7. The first-order valence-corrected chi connectivity index (χ1v) is 13.7. The highest BCUT2D eigenvalue weighted by atomic mass is 16.4. The van der Waals surface area contributed by atoms with E-state index in [0.717, 1.165) is 10.5 Å². The van der Waals surface area contributed by atoms with Gasteiger partial charge in [-0.25, -0.2) is 14.5 Å². The van der Waals surface area contributed by atoms with Crippen LogP contribution < -0.4 is 11.1 Å². The number of amides is 2. The van der Waals surface area contributed by atoms with Crippen LogP contribution >= 0.6 is 0 Å². The van der Waals surface area contributed by atoms with Crippen molar-refractivity contribution in [3.8, 4) is 0 Å². The number of Topliss-reactive ketones (excluding diaryl/α,β-unsaturated/α-hetero) is 1. The summed E-state index contributed by atoms with van der Waals surface area (Å²) >= 11 is 0. The number of hydrogen-bond acceptors (Lipinski definition) is 7. The minimum Gasteiger partial charge on any atom is -0.480 e. The van der Waals surface area contributed by atoms with Crippen LogP contribution in [0.25, 0.3) is 0 Å². The van der Waals surface area contributed by atoms with Crippen molar-refractivity contribution in [1.82, 2.24) is 15.1 Å². The fraction of sp³-hybridized carbons (Fsp3) is 0.433. The summed E-state index contributed by atoms with van der Waals surface area (Å²) in [6, 6.07) is 17.8. The molecule has 1 unspecified atom stereocenters. The molecule has 2 aliphatic heterocycles. The Morgan fingerprint density at radius 1 is 0.878 bits per heavy atom. The van der Waals surface area contributed by atoms with Crippen molar-refractivity contribution in [2.75, 3.05) is 19.6 Å². The molecule has 0 saturated carbocycles. The Morgan fingerprint density at radius 2 is 1.46 bits per heavy atom. The highest BCUT2D eigenvalue weighted by Gasteiger charge is 2.66. The summed E-state index contributed by atoms with van der Waals surface area (Å²) in [5.41, 5.74) is 2.19. The third-order valence-corrected chi connectivity index (χ3v) is 8.18. The summed E-state index contributed by atoms with van der Waals surface area (Å²) in [6.45, 7) is 1.06. The summed E-state index contributed by atoms with van der Waals surface area (Å²) in [6.07, 6.45) is 0.444. The zero-order chi connectivity index (χ0) is 29.8. The van der Waals surface area contributed by atoms with Crippen LogP contribution in [0.4, 0.5) is 0 Å². The average Bonchev–Trinajstić information content (AvgIpc) is 3.59. The molecule has 41 heavy (non-hydrogen) atoms. The number of aliphatic carboxylic acids is 2. The van der Waals surface area contributed by atoms with Gasteiger partial charge in [-0.05, 0) is 50.2 Å². The van der Waals surface area contributed by atoms with Crippen LogP contribution in [-0.4, -0.2) is 85.9 Å². The van der Waals surface area contributed by atoms with Crippen molar-refractivity contribution in [3.05, 3.63) is 71.8 Å². The van der Waals surface area contributed by atoms with E-state index in [4.69, 9.17) is 5.73 Å². The Kier molecular flexibility index (Phi) is 8.60. The van der Waals surface area contributed by atoms with Crippen LogP contribution in [0.15, 0.2) is 60.7 Å². The largest absolute Gasteiger partial charge is 0.480 e. The Hall–Kier alpha value is -4.09. The number of carbonyl (C=O) groups is 5. The number of likely N-dealkylation sites (tertiary alicyclic amines) is 2. The van der Waals surface area contributed by atoms with Gasteiger partial charge in [0.1, 0.15) is 0 Å². The van der Waals surface area contributed by atoms with Crippen molar-refractivity contribution in [3.63, 3.8) is 0 Å². The van der Waals surface area contributed by atoms with Crippen LogP contribution in [0, 0.1) is 0 Å². The lowest BCUT2D eigenvalue weighted by Crippen LogP contribution is -2.73. The van der Waals surface area contributed by atoms with E-state index in [2.05, 4.69) is 5.32 Å². The minimum atomic E-state index is -2.12. The molecule has 218 valence electrons. The SMILES string of the molecule is C[C@](N)(Cc1ccccc1)C(=O)NCC(=O)N1CCC[C@@]1(C(=O)O)N1CCCC1(C(=O)O)C(=O)Cc1ccccc1. The molecule has 0 aliphatic carbocycles. The van der Waals surface area contributed by atoms with E-state index in [0.29, 0.717) is 5.56 Å². The molecule has 2 heterocycles. The summed E-state index contributed by atoms with van der Waals surface area (Å²) < 4.78 is 0. The number of nitrogens with one attached hydrogen (secondary N) is 1. The van der Waals surface area contributed by atoms with Gasteiger partial charge in [-0.1, -0.05) is 60.7 Å². The quantitative estimate of drug-likeness (QED) is 0.293. The van der Waals surface area contributed by atoms with E-state index in [1.807, 2.05) is 30.3 Å². The molecule has 2 aliphatic rings. The summed E-state index contributed by atoms with van der Waals surface area (Å²) in [4.78, 5) is 68.2. The molecule has 2 aromatic rings. The highest BCUT2D eigenvalue weighted by Crippen LogP contribution is 2.44. The van der Waals surface area contributed by atoms with Crippen LogP contribution in [0.5, 0.6) is 0 Å². The number of nitrogens with zero attached hydrogens (tertiary/aromatic N) is 2. The van der Waals surface area contributed by atoms with E-state index in [1.165, 1.54) is 4.90 Å². The number of ketones is 1. The fourth-order valence-corrected chi connectivity index (χ4v) is 6.19. The fourth-order valence-electron chi connectivity index (χ4n) is 6.19. The second-order valence-corrected chi connectivity index (χ2v) is 11.0. The van der Waals surface area contributed by atoms with Crippen molar-refractivity contribution in [1.29, 1.82) is 0 Å². The first-order chi connectivity index (χ1) is 19.4. The minimum absolute atomic E-state index is 0.00716. The zero-order valence-corrected chi connectivity index (χ0v) is 23.0. The first kappa shape index (κ1) is 29.9. The van der Waals surface area contributed by atoms with Gasteiger partial charge in [0.05, 0.1) is 12.1 Å². The molecule has 0 bridgehead atoms. The van der Waals surface area contributed by atoms with E-state index >= 15 is 0 Å². The Morgan fingerprint density at radius 3 is 2.05 bits per heavy atom. The predicted molar refractivity (Wildman–Crippen MR) is 149 cm³/mol. The van der Waals surface area contributed by atoms with Gasteiger partial charge in [0.2, 0.25) is 11.8 Å². The summed E-state index contributed by atoms with van der Waals surface area (Å²) in [7, 11) is 0. The number of benzene rings is 2. The van der Waals surface area contributed by atoms with Gasteiger partial charge in [0.25, 0.3) is 0 Å². The van der Waals surface area contributed by atoms with Crippen LogP contribution in [0.1, 0.15) is 43.7 Å². The van der Waals surface area contributed by atoms with Gasteiger partial charge in [-0.3, -0.25) is 14.4 Å². The smallest absolute Gasteiger partial charge is 0.345 e. The van der Waals surface area contributed by atoms with Crippen molar-refractivity contribution in [2.45, 2.75) is 62.2 Å². The molecular formula is C30H36N4O7. The maximum absolute atomic E-state index is 13.7. The van der Waals surface area contributed by atoms with Gasteiger partial charge in [-0.15, -0.1) is 0 Å². The lowest BCUT2D eigenvalue weighted by molar-refractivity contribution is -0.184.